The number of fused-ring (bicyclic) bond motifs is 1. The van der Waals surface area contributed by atoms with Gasteiger partial charge in [-0.2, -0.15) is 5.10 Å². The van der Waals surface area contributed by atoms with Crippen LogP contribution in [0, 0.1) is 5.92 Å². The Balaban J connectivity index is 1.84. The first kappa shape index (κ1) is 10.6. The lowest BCUT2D eigenvalue weighted by Crippen LogP contribution is -2.16. The van der Waals surface area contributed by atoms with Gasteiger partial charge in [-0.3, -0.25) is 9.89 Å². The van der Waals surface area contributed by atoms with Crippen LogP contribution in [0.2, 0.25) is 0 Å². The second-order valence-corrected chi connectivity index (χ2v) is 4.92. The molecule has 1 aromatic heterocycles. The van der Waals surface area contributed by atoms with Crippen LogP contribution in [-0.4, -0.2) is 21.3 Å². The van der Waals surface area contributed by atoms with Crippen molar-refractivity contribution >= 4 is 11.5 Å². The van der Waals surface area contributed by atoms with Crippen LogP contribution in [0.5, 0.6) is 0 Å². The number of nitrogens with one attached hydrogen (secondary N) is 1. The normalized spacial score (nSPS) is 23.3. The maximum Gasteiger partial charge on any atom is 0.306 e. The van der Waals surface area contributed by atoms with Crippen molar-refractivity contribution in [3.63, 3.8) is 0 Å². The van der Waals surface area contributed by atoms with Gasteiger partial charge in [0.15, 0.2) is 0 Å². The number of carbonyl (C=O) groups is 1. The van der Waals surface area contributed by atoms with E-state index in [2.05, 4.69) is 16.3 Å². The van der Waals surface area contributed by atoms with E-state index in [1.54, 1.807) is 0 Å². The minimum atomic E-state index is -0.674. The number of hydrogen-bond donors (Lipinski definition) is 2. The molecule has 1 aromatic rings. The summed E-state index contributed by atoms with van der Waals surface area (Å²) in [5.74, 6) is -0.877. The van der Waals surface area contributed by atoms with Crippen LogP contribution < -0.4 is 0 Å². The van der Waals surface area contributed by atoms with E-state index in [0.29, 0.717) is 6.42 Å². The molecular formula is C13H16N2O2. The molecule has 0 saturated carbocycles. The third-order valence-corrected chi connectivity index (χ3v) is 3.87. The topological polar surface area (TPSA) is 66.0 Å². The Kier molecular flexibility index (Phi) is 2.50. The zero-order chi connectivity index (χ0) is 11.8. The van der Waals surface area contributed by atoms with Gasteiger partial charge in [-0.15, -0.1) is 0 Å². The fourth-order valence-corrected chi connectivity index (χ4v) is 2.86. The SMILES string of the molecule is O=C(O)C1CC=C(c2n[nH]c3c2CCC3)CC1. The first-order valence-electron chi connectivity index (χ1n) is 6.24. The predicted molar refractivity (Wildman–Crippen MR) is 63.6 cm³/mol. The standard InChI is InChI=1S/C13H16N2O2/c16-13(17)9-6-4-8(5-7-9)12-10-2-1-3-11(10)14-15-12/h4,9H,1-3,5-7H2,(H,14,15)(H,16,17). The summed E-state index contributed by atoms with van der Waals surface area (Å²) < 4.78 is 0. The van der Waals surface area contributed by atoms with Gasteiger partial charge in [-0.25, -0.2) is 0 Å². The molecule has 4 heteroatoms. The van der Waals surface area contributed by atoms with E-state index in [9.17, 15) is 4.79 Å². The number of aryl methyl sites for hydroxylation is 1. The summed E-state index contributed by atoms with van der Waals surface area (Å²) in [5.41, 5.74) is 4.98. The highest BCUT2D eigenvalue weighted by Gasteiger charge is 2.25. The van der Waals surface area contributed by atoms with Crippen LogP contribution in [0.4, 0.5) is 0 Å². The van der Waals surface area contributed by atoms with E-state index in [0.717, 1.165) is 31.4 Å². The van der Waals surface area contributed by atoms with Crippen LogP contribution in [0.25, 0.3) is 5.57 Å². The minimum absolute atomic E-state index is 0.203. The molecule has 2 N–H and O–H groups in total. The average Bonchev–Trinajstić information content (AvgIpc) is 2.90. The van der Waals surface area contributed by atoms with Gasteiger partial charge in [0.05, 0.1) is 11.6 Å². The smallest absolute Gasteiger partial charge is 0.306 e. The molecular weight excluding hydrogens is 216 g/mol. The number of aromatic nitrogens is 2. The summed E-state index contributed by atoms with van der Waals surface area (Å²) in [6.45, 7) is 0. The van der Waals surface area contributed by atoms with Crippen molar-refractivity contribution in [2.24, 2.45) is 5.92 Å². The summed E-state index contributed by atoms with van der Waals surface area (Å²) in [7, 11) is 0. The Hall–Kier alpha value is -1.58. The van der Waals surface area contributed by atoms with Crippen LogP contribution in [-0.2, 0) is 17.6 Å². The zero-order valence-electron chi connectivity index (χ0n) is 9.70. The van der Waals surface area contributed by atoms with Gasteiger partial charge in [0, 0.05) is 11.3 Å². The molecule has 4 nitrogen and oxygen atoms in total. The number of aliphatic carboxylic acids is 1. The highest BCUT2D eigenvalue weighted by Crippen LogP contribution is 2.34. The molecule has 17 heavy (non-hydrogen) atoms. The molecule has 1 atom stereocenters. The summed E-state index contributed by atoms with van der Waals surface area (Å²) in [6, 6.07) is 0. The number of H-pyrrole nitrogens is 1. The molecule has 0 bridgehead atoms. The van der Waals surface area contributed by atoms with Crippen LogP contribution >= 0.6 is 0 Å². The number of carboxylic acid groups (broad SMARTS) is 1. The Bertz CT molecular complexity index is 488. The van der Waals surface area contributed by atoms with Crippen molar-refractivity contribution < 1.29 is 9.90 Å². The van der Waals surface area contributed by atoms with Crippen molar-refractivity contribution in [2.45, 2.75) is 38.5 Å². The van der Waals surface area contributed by atoms with Crippen LogP contribution in [0.3, 0.4) is 0 Å². The molecule has 90 valence electrons. The van der Waals surface area contributed by atoms with Crippen molar-refractivity contribution in [3.05, 3.63) is 23.0 Å². The number of carboxylic acids is 1. The van der Waals surface area contributed by atoms with Crippen molar-refractivity contribution in [1.82, 2.24) is 10.2 Å². The average molecular weight is 232 g/mol. The summed E-state index contributed by atoms with van der Waals surface area (Å²) in [4.78, 5) is 10.9. The third-order valence-electron chi connectivity index (χ3n) is 3.87. The van der Waals surface area contributed by atoms with Gasteiger partial charge in [0.25, 0.3) is 0 Å². The number of rotatable bonds is 2. The highest BCUT2D eigenvalue weighted by atomic mass is 16.4. The molecule has 0 saturated heterocycles. The van der Waals surface area contributed by atoms with Crippen LogP contribution in [0.1, 0.15) is 42.6 Å². The zero-order valence-corrected chi connectivity index (χ0v) is 9.70. The number of hydrogen-bond acceptors (Lipinski definition) is 2. The van der Waals surface area contributed by atoms with E-state index >= 15 is 0 Å². The summed E-state index contributed by atoms with van der Waals surface area (Å²) in [5, 5.41) is 16.5. The Morgan fingerprint density at radius 3 is 3.00 bits per heavy atom. The second kappa shape index (κ2) is 4.02. The molecule has 0 aliphatic heterocycles. The molecule has 0 spiro atoms. The van der Waals surface area contributed by atoms with E-state index < -0.39 is 5.97 Å². The van der Waals surface area contributed by atoms with Gasteiger partial charge >= 0.3 is 5.97 Å². The molecule has 0 aromatic carbocycles. The molecule has 3 rings (SSSR count). The number of nitrogens with zero attached hydrogens (tertiary/aromatic N) is 1. The largest absolute Gasteiger partial charge is 0.481 e. The van der Waals surface area contributed by atoms with Gasteiger partial charge in [-0.1, -0.05) is 6.08 Å². The highest BCUT2D eigenvalue weighted by molar-refractivity contribution is 5.74. The second-order valence-electron chi connectivity index (χ2n) is 4.92. The van der Waals surface area contributed by atoms with Gasteiger partial charge < -0.3 is 5.11 Å². The maximum absolute atomic E-state index is 10.9. The van der Waals surface area contributed by atoms with E-state index in [1.807, 2.05) is 0 Å². The lowest BCUT2D eigenvalue weighted by atomic mass is 9.87. The first-order valence-corrected chi connectivity index (χ1v) is 6.24. The molecule has 0 fully saturated rings. The molecule has 2 aliphatic rings. The monoisotopic (exact) mass is 232 g/mol. The number of aromatic amines is 1. The van der Waals surface area contributed by atoms with Gasteiger partial charge in [0.2, 0.25) is 0 Å². The van der Waals surface area contributed by atoms with Crippen molar-refractivity contribution in [3.8, 4) is 0 Å². The Morgan fingerprint density at radius 2 is 2.29 bits per heavy atom. The van der Waals surface area contributed by atoms with E-state index in [-0.39, 0.29) is 5.92 Å². The Labute approximate surface area is 99.7 Å². The Morgan fingerprint density at radius 1 is 1.41 bits per heavy atom. The lowest BCUT2D eigenvalue weighted by molar-refractivity contribution is -0.141. The maximum atomic E-state index is 10.9. The molecule has 1 heterocycles. The molecule has 0 radical (unpaired) electrons. The van der Waals surface area contributed by atoms with E-state index in [4.69, 9.17) is 5.11 Å². The summed E-state index contributed by atoms with van der Waals surface area (Å²) in [6.07, 6.45) is 7.72. The fourth-order valence-electron chi connectivity index (χ4n) is 2.86. The third kappa shape index (κ3) is 1.77. The van der Waals surface area contributed by atoms with Gasteiger partial charge in [-0.05, 0) is 44.1 Å². The van der Waals surface area contributed by atoms with Gasteiger partial charge in [0.1, 0.15) is 0 Å². The van der Waals surface area contributed by atoms with Crippen LogP contribution in [0.15, 0.2) is 6.08 Å². The van der Waals surface area contributed by atoms with Crippen molar-refractivity contribution in [1.29, 1.82) is 0 Å². The quantitative estimate of drug-likeness (QED) is 0.821. The summed E-state index contributed by atoms with van der Waals surface area (Å²) >= 11 is 0. The molecule has 0 amide bonds. The fraction of sp³-hybridized carbons (Fsp3) is 0.538. The van der Waals surface area contributed by atoms with E-state index in [1.165, 1.54) is 23.3 Å². The lowest BCUT2D eigenvalue weighted by Gasteiger charge is -2.17. The number of allylic oxidation sites excluding steroid dienone is 2. The van der Waals surface area contributed by atoms with Crippen molar-refractivity contribution in [2.75, 3.05) is 0 Å². The predicted octanol–water partition coefficient (Wildman–Crippen LogP) is 2.17. The molecule has 2 aliphatic carbocycles. The minimum Gasteiger partial charge on any atom is -0.481 e. The first-order chi connectivity index (χ1) is 8.25. The molecule has 1 unspecified atom stereocenters.